The highest BCUT2D eigenvalue weighted by Gasteiger charge is 2.16. The first-order valence-corrected chi connectivity index (χ1v) is 6.57. The van der Waals surface area contributed by atoms with E-state index in [1.165, 1.54) is 4.90 Å². The number of carbonyl (C=O) groups is 1. The van der Waals surface area contributed by atoms with Crippen LogP contribution in [0.3, 0.4) is 0 Å². The Bertz CT molecular complexity index is 407. The van der Waals surface area contributed by atoms with E-state index in [2.05, 4.69) is 10.3 Å². The summed E-state index contributed by atoms with van der Waals surface area (Å²) in [7, 11) is 5.08. The molecule has 0 spiro atoms. The van der Waals surface area contributed by atoms with Gasteiger partial charge >= 0.3 is 0 Å². The van der Waals surface area contributed by atoms with Gasteiger partial charge < -0.3 is 19.7 Å². The maximum Gasteiger partial charge on any atom is 0.262 e. The van der Waals surface area contributed by atoms with Crippen molar-refractivity contribution in [1.82, 2.24) is 15.2 Å². The van der Waals surface area contributed by atoms with Crippen LogP contribution in [0.5, 0.6) is 5.75 Å². The van der Waals surface area contributed by atoms with Gasteiger partial charge in [0.25, 0.3) is 5.91 Å². The number of carbonyl (C=O) groups excluding carboxylic acids is 1. The molecule has 0 saturated heterocycles. The molecule has 6 heteroatoms. The van der Waals surface area contributed by atoms with Crippen LogP contribution in [0.4, 0.5) is 0 Å². The normalized spacial score (nSPS) is 12.0. The number of hydrogen-bond donors (Lipinski definition) is 1. The number of hydrogen-bond acceptors (Lipinski definition) is 5. The lowest BCUT2D eigenvalue weighted by Gasteiger charge is -2.18. The fraction of sp³-hybridized carbons (Fsp3) is 0.571. The molecule has 0 radical (unpaired) electrons. The fourth-order valence-corrected chi connectivity index (χ4v) is 1.59. The minimum Gasteiger partial charge on any atom is -0.479 e. The number of methoxy groups -OCH3 is 1. The van der Waals surface area contributed by atoms with Crippen LogP contribution >= 0.6 is 0 Å². The standard InChI is InChI=1S/C14H23N3O3/c1-11(14(18)17(2)3)20-13-6-5-12(16-10-13)9-15-7-8-19-4/h5-6,10-11,15H,7-9H2,1-4H3. The zero-order chi connectivity index (χ0) is 15.0. The third kappa shape index (κ3) is 5.54. The van der Waals surface area contributed by atoms with Gasteiger partial charge in [-0.3, -0.25) is 9.78 Å². The average Bonchev–Trinajstić information content (AvgIpc) is 2.44. The van der Waals surface area contributed by atoms with E-state index in [9.17, 15) is 4.79 Å². The lowest BCUT2D eigenvalue weighted by Crippen LogP contribution is -2.35. The van der Waals surface area contributed by atoms with Crippen LogP contribution in [0.2, 0.25) is 0 Å². The summed E-state index contributed by atoms with van der Waals surface area (Å²) in [6.45, 7) is 3.86. The summed E-state index contributed by atoms with van der Waals surface area (Å²) in [6.07, 6.45) is 1.12. The second kappa shape index (κ2) is 8.50. The first-order valence-electron chi connectivity index (χ1n) is 6.57. The van der Waals surface area contributed by atoms with E-state index in [1.807, 2.05) is 12.1 Å². The Morgan fingerprint density at radius 3 is 2.75 bits per heavy atom. The largest absolute Gasteiger partial charge is 0.479 e. The van der Waals surface area contributed by atoms with Crippen molar-refractivity contribution in [1.29, 1.82) is 0 Å². The van der Waals surface area contributed by atoms with E-state index in [0.29, 0.717) is 18.9 Å². The van der Waals surface area contributed by atoms with Gasteiger partial charge in [0.05, 0.1) is 18.5 Å². The molecule has 112 valence electrons. The molecule has 0 fully saturated rings. The second-order valence-corrected chi connectivity index (χ2v) is 4.65. The van der Waals surface area contributed by atoms with Crippen molar-refractivity contribution in [2.45, 2.75) is 19.6 Å². The van der Waals surface area contributed by atoms with Crippen molar-refractivity contribution in [3.8, 4) is 5.75 Å². The van der Waals surface area contributed by atoms with Gasteiger partial charge in [0.15, 0.2) is 6.10 Å². The van der Waals surface area contributed by atoms with E-state index in [-0.39, 0.29) is 5.91 Å². The van der Waals surface area contributed by atoms with Crippen LogP contribution in [0.25, 0.3) is 0 Å². The Morgan fingerprint density at radius 1 is 1.45 bits per heavy atom. The van der Waals surface area contributed by atoms with Crippen molar-refractivity contribution >= 4 is 5.91 Å². The number of likely N-dealkylation sites (N-methyl/N-ethyl adjacent to an activating group) is 1. The highest BCUT2D eigenvalue weighted by Crippen LogP contribution is 2.12. The van der Waals surface area contributed by atoms with Gasteiger partial charge in [0, 0.05) is 34.3 Å². The van der Waals surface area contributed by atoms with Gasteiger partial charge in [-0.15, -0.1) is 0 Å². The lowest BCUT2D eigenvalue weighted by molar-refractivity contribution is -0.135. The molecule has 1 amide bonds. The van der Waals surface area contributed by atoms with Crippen molar-refractivity contribution in [3.63, 3.8) is 0 Å². The Labute approximate surface area is 120 Å². The number of nitrogens with one attached hydrogen (secondary N) is 1. The molecule has 1 aromatic rings. The maximum atomic E-state index is 11.7. The van der Waals surface area contributed by atoms with E-state index >= 15 is 0 Å². The number of nitrogens with zero attached hydrogens (tertiary/aromatic N) is 2. The maximum absolute atomic E-state index is 11.7. The summed E-state index contributed by atoms with van der Waals surface area (Å²) in [6, 6.07) is 3.70. The van der Waals surface area contributed by atoms with E-state index < -0.39 is 6.10 Å². The lowest BCUT2D eigenvalue weighted by atomic mass is 10.3. The van der Waals surface area contributed by atoms with Crippen molar-refractivity contribution in [2.24, 2.45) is 0 Å². The molecule has 0 aliphatic carbocycles. The first kappa shape index (κ1) is 16.4. The minimum atomic E-state index is -0.516. The smallest absolute Gasteiger partial charge is 0.262 e. The van der Waals surface area contributed by atoms with Crippen LogP contribution in [0.15, 0.2) is 18.3 Å². The number of ether oxygens (including phenoxy) is 2. The molecule has 1 heterocycles. The molecule has 1 N–H and O–H groups in total. The quantitative estimate of drug-likeness (QED) is 0.710. The van der Waals surface area contributed by atoms with Gasteiger partial charge in [-0.25, -0.2) is 0 Å². The molecule has 20 heavy (non-hydrogen) atoms. The summed E-state index contributed by atoms with van der Waals surface area (Å²) in [5.41, 5.74) is 0.917. The van der Waals surface area contributed by atoms with Gasteiger partial charge in [-0.2, -0.15) is 0 Å². The fourth-order valence-electron chi connectivity index (χ4n) is 1.59. The highest BCUT2D eigenvalue weighted by atomic mass is 16.5. The molecular weight excluding hydrogens is 258 g/mol. The molecule has 0 aliphatic rings. The monoisotopic (exact) mass is 281 g/mol. The zero-order valence-corrected chi connectivity index (χ0v) is 12.5. The highest BCUT2D eigenvalue weighted by molar-refractivity contribution is 5.80. The van der Waals surface area contributed by atoms with Gasteiger partial charge in [0.1, 0.15) is 5.75 Å². The van der Waals surface area contributed by atoms with E-state index in [0.717, 1.165) is 12.2 Å². The van der Waals surface area contributed by atoms with Crippen molar-refractivity contribution in [2.75, 3.05) is 34.4 Å². The van der Waals surface area contributed by atoms with Crippen LogP contribution in [0.1, 0.15) is 12.6 Å². The Balaban J connectivity index is 2.44. The van der Waals surface area contributed by atoms with E-state index in [1.54, 1.807) is 34.3 Å². The summed E-state index contributed by atoms with van der Waals surface area (Å²) < 4.78 is 10.5. The van der Waals surface area contributed by atoms with Gasteiger partial charge in [-0.05, 0) is 19.1 Å². The molecular formula is C14H23N3O3. The predicted octanol–water partition coefficient (Wildman–Crippen LogP) is 0.673. The zero-order valence-electron chi connectivity index (χ0n) is 12.5. The molecule has 0 saturated carbocycles. The molecule has 0 bridgehead atoms. The molecule has 1 rings (SSSR count). The molecule has 1 aromatic heterocycles. The van der Waals surface area contributed by atoms with Crippen LogP contribution in [0, 0.1) is 0 Å². The molecule has 1 atom stereocenters. The van der Waals surface area contributed by atoms with E-state index in [4.69, 9.17) is 9.47 Å². The third-order valence-electron chi connectivity index (χ3n) is 2.69. The van der Waals surface area contributed by atoms with Gasteiger partial charge in [-0.1, -0.05) is 0 Å². The van der Waals surface area contributed by atoms with Crippen LogP contribution in [-0.4, -0.2) is 56.3 Å². The van der Waals surface area contributed by atoms with Gasteiger partial charge in [0.2, 0.25) is 0 Å². The molecule has 1 unspecified atom stereocenters. The Morgan fingerprint density at radius 2 is 2.20 bits per heavy atom. The SMILES string of the molecule is COCCNCc1ccc(OC(C)C(=O)N(C)C)cn1. The van der Waals surface area contributed by atoms with Crippen molar-refractivity contribution < 1.29 is 14.3 Å². The summed E-state index contributed by atoms with van der Waals surface area (Å²) in [5.74, 6) is 0.517. The first-order chi connectivity index (χ1) is 9.54. The number of aromatic nitrogens is 1. The topological polar surface area (TPSA) is 63.7 Å². The molecule has 6 nitrogen and oxygen atoms in total. The van der Waals surface area contributed by atoms with Crippen molar-refractivity contribution in [3.05, 3.63) is 24.0 Å². The number of amides is 1. The molecule has 0 aliphatic heterocycles. The Hall–Kier alpha value is -1.66. The third-order valence-corrected chi connectivity index (χ3v) is 2.69. The van der Waals surface area contributed by atoms with Crippen LogP contribution in [-0.2, 0) is 16.1 Å². The predicted molar refractivity (Wildman–Crippen MR) is 76.6 cm³/mol. The summed E-state index contributed by atoms with van der Waals surface area (Å²) >= 11 is 0. The van der Waals surface area contributed by atoms with Crippen LogP contribution < -0.4 is 10.1 Å². The molecule has 0 aromatic carbocycles. The number of pyridine rings is 1. The number of rotatable bonds is 8. The summed E-state index contributed by atoms with van der Waals surface area (Å²) in [4.78, 5) is 17.5. The minimum absolute atomic E-state index is 0.0738. The summed E-state index contributed by atoms with van der Waals surface area (Å²) in [5, 5.41) is 3.21. The average molecular weight is 281 g/mol. The Kier molecular flexibility index (Phi) is 6.97. The second-order valence-electron chi connectivity index (χ2n) is 4.65.